The Bertz CT molecular complexity index is 1330. The molecule has 0 saturated carbocycles. The Hall–Kier alpha value is -3.71. The molecule has 0 bridgehead atoms. The first-order valence-electron chi connectivity index (χ1n) is 11.0. The maximum absolute atomic E-state index is 13.7. The van der Waals surface area contributed by atoms with E-state index >= 15 is 0 Å². The molecule has 0 aliphatic carbocycles. The first-order valence-corrected chi connectivity index (χ1v) is 11.9. The number of hydrogen-bond donors (Lipinski definition) is 1. The maximum atomic E-state index is 13.7. The van der Waals surface area contributed by atoms with Crippen LogP contribution in [0.3, 0.4) is 0 Å². The Morgan fingerprint density at radius 2 is 1.85 bits per heavy atom. The number of thiazole rings is 1. The second kappa shape index (κ2) is 10.9. The topological polar surface area (TPSA) is 60.3 Å². The Morgan fingerprint density at radius 3 is 2.65 bits per heavy atom. The molecule has 4 rings (SSSR count). The molecule has 7 heteroatoms. The maximum Gasteiger partial charge on any atom is 0.312 e. The van der Waals surface area contributed by atoms with Crippen LogP contribution in [0.25, 0.3) is 16.9 Å². The number of ether oxygens (including phenoxy) is 1. The Kier molecular flexibility index (Phi) is 7.54. The van der Waals surface area contributed by atoms with Gasteiger partial charge in [0, 0.05) is 29.1 Å². The first kappa shape index (κ1) is 23.4. The summed E-state index contributed by atoms with van der Waals surface area (Å²) in [6.07, 6.45) is 2.86. The molecule has 4 aromatic rings. The fourth-order valence-corrected chi connectivity index (χ4v) is 4.55. The third-order valence-electron chi connectivity index (χ3n) is 5.52. The predicted octanol–water partition coefficient (Wildman–Crippen LogP) is 5.47. The summed E-state index contributed by atoms with van der Waals surface area (Å²) in [6, 6.07) is 21.4. The number of halogens is 1. The van der Waals surface area contributed by atoms with E-state index < -0.39 is 5.82 Å². The summed E-state index contributed by atoms with van der Waals surface area (Å²) in [5, 5.41) is 4.70. The second-order valence-electron chi connectivity index (χ2n) is 7.82. The summed E-state index contributed by atoms with van der Waals surface area (Å²) >= 11 is 1.03. The average Bonchev–Trinajstić information content (AvgIpc) is 3.25. The lowest BCUT2D eigenvalue weighted by molar-refractivity contribution is 0.0953. The molecule has 3 aromatic carbocycles. The standard InChI is InChI=1S/C27H25FN2O3S/c1-33-25-17-22(28)13-14-23(25)30-24(18-34-27(30)32)20-11-7-12-21(16-20)26(31)29-15-6-5-10-19-8-3-2-4-9-19/h2-4,7-9,11-14,16-18H,5-6,10,15H2,1H3,(H,29,31). The van der Waals surface area contributed by atoms with E-state index in [-0.39, 0.29) is 16.5 Å². The number of hydrogen-bond acceptors (Lipinski definition) is 4. The predicted molar refractivity (Wildman–Crippen MR) is 134 cm³/mol. The minimum Gasteiger partial charge on any atom is -0.494 e. The van der Waals surface area contributed by atoms with Gasteiger partial charge in [0.1, 0.15) is 11.6 Å². The van der Waals surface area contributed by atoms with Crippen LogP contribution in [0.1, 0.15) is 28.8 Å². The highest BCUT2D eigenvalue weighted by Crippen LogP contribution is 2.29. The lowest BCUT2D eigenvalue weighted by atomic mass is 10.1. The van der Waals surface area contributed by atoms with Crippen LogP contribution in [-0.4, -0.2) is 24.1 Å². The molecule has 0 fully saturated rings. The Labute approximate surface area is 201 Å². The van der Waals surface area contributed by atoms with Crippen molar-refractivity contribution in [3.63, 3.8) is 0 Å². The Morgan fingerprint density at radius 1 is 1.03 bits per heavy atom. The van der Waals surface area contributed by atoms with Gasteiger partial charge in [-0.1, -0.05) is 53.8 Å². The molecule has 174 valence electrons. The first-order chi connectivity index (χ1) is 16.6. The van der Waals surface area contributed by atoms with Crippen molar-refractivity contribution in [2.45, 2.75) is 19.3 Å². The summed E-state index contributed by atoms with van der Waals surface area (Å²) in [4.78, 5) is 25.1. The van der Waals surface area contributed by atoms with Crippen molar-refractivity contribution in [2.75, 3.05) is 13.7 Å². The number of carbonyl (C=O) groups excluding carboxylic acids is 1. The van der Waals surface area contributed by atoms with Crippen LogP contribution in [0.4, 0.5) is 4.39 Å². The third-order valence-corrected chi connectivity index (χ3v) is 6.24. The molecular formula is C27H25FN2O3S. The molecule has 1 N–H and O–H groups in total. The van der Waals surface area contributed by atoms with Crippen LogP contribution in [0.2, 0.25) is 0 Å². The summed E-state index contributed by atoms with van der Waals surface area (Å²) in [5.41, 5.74) is 3.57. The number of benzene rings is 3. The summed E-state index contributed by atoms with van der Waals surface area (Å²) in [5.74, 6) is -0.357. The van der Waals surface area contributed by atoms with Gasteiger partial charge in [0.15, 0.2) is 0 Å². The SMILES string of the molecule is COc1cc(F)ccc1-n1c(-c2cccc(C(=O)NCCCCc3ccccc3)c2)csc1=O. The number of methoxy groups -OCH3 is 1. The van der Waals surface area contributed by atoms with Crippen LogP contribution >= 0.6 is 11.3 Å². The van der Waals surface area contributed by atoms with Crippen LogP contribution in [-0.2, 0) is 6.42 Å². The lowest BCUT2D eigenvalue weighted by Gasteiger charge is -2.13. The van der Waals surface area contributed by atoms with Crippen molar-refractivity contribution in [1.29, 1.82) is 0 Å². The number of aryl methyl sites for hydroxylation is 1. The van der Waals surface area contributed by atoms with Gasteiger partial charge in [0.05, 0.1) is 18.5 Å². The van der Waals surface area contributed by atoms with E-state index in [1.54, 1.807) is 23.6 Å². The molecule has 0 atom stereocenters. The smallest absolute Gasteiger partial charge is 0.312 e. The van der Waals surface area contributed by atoms with Gasteiger partial charge in [-0.2, -0.15) is 0 Å². The quantitative estimate of drug-likeness (QED) is 0.326. The van der Waals surface area contributed by atoms with Gasteiger partial charge < -0.3 is 10.1 Å². The van der Waals surface area contributed by atoms with Gasteiger partial charge in [0.2, 0.25) is 0 Å². The fraction of sp³-hybridized carbons (Fsp3) is 0.185. The van der Waals surface area contributed by atoms with Gasteiger partial charge in [-0.25, -0.2) is 4.39 Å². The van der Waals surface area contributed by atoms with Gasteiger partial charge in [-0.15, -0.1) is 0 Å². The van der Waals surface area contributed by atoms with Gasteiger partial charge in [0.25, 0.3) is 5.91 Å². The largest absolute Gasteiger partial charge is 0.494 e. The van der Waals surface area contributed by atoms with E-state index in [2.05, 4.69) is 17.4 Å². The van der Waals surface area contributed by atoms with E-state index in [0.29, 0.717) is 29.1 Å². The summed E-state index contributed by atoms with van der Waals surface area (Å²) in [7, 11) is 1.43. The van der Waals surface area contributed by atoms with Gasteiger partial charge in [-0.3, -0.25) is 14.2 Å². The van der Waals surface area contributed by atoms with Crippen molar-refractivity contribution in [1.82, 2.24) is 9.88 Å². The molecule has 0 aliphatic heterocycles. The monoisotopic (exact) mass is 476 g/mol. The normalized spacial score (nSPS) is 10.8. The van der Waals surface area contributed by atoms with Crippen LogP contribution in [0.5, 0.6) is 5.75 Å². The van der Waals surface area contributed by atoms with E-state index in [1.807, 2.05) is 24.3 Å². The van der Waals surface area contributed by atoms with Crippen molar-refractivity contribution < 1.29 is 13.9 Å². The van der Waals surface area contributed by atoms with Crippen LogP contribution in [0, 0.1) is 5.82 Å². The average molecular weight is 477 g/mol. The molecule has 1 amide bonds. The number of aromatic nitrogens is 1. The zero-order chi connectivity index (χ0) is 23.9. The van der Waals surface area contributed by atoms with Crippen molar-refractivity contribution >= 4 is 17.2 Å². The third kappa shape index (κ3) is 5.43. The highest BCUT2D eigenvalue weighted by atomic mass is 32.1. The molecule has 0 spiro atoms. The summed E-state index contributed by atoms with van der Waals surface area (Å²) < 4.78 is 20.4. The number of rotatable bonds is 9. The summed E-state index contributed by atoms with van der Waals surface area (Å²) in [6.45, 7) is 0.589. The number of unbranched alkanes of at least 4 members (excludes halogenated alkanes) is 1. The van der Waals surface area contributed by atoms with Gasteiger partial charge in [-0.05, 0) is 49.1 Å². The number of nitrogens with one attached hydrogen (secondary N) is 1. The van der Waals surface area contributed by atoms with Crippen molar-refractivity contribution in [3.05, 3.63) is 105 Å². The molecular weight excluding hydrogens is 451 g/mol. The fourth-order valence-electron chi connectivity index (χ4n) is 3.79. The molecule has 1 heterocycles. The zero-order valence-electron chi connectivity index (χ0n) is 18.8. The number of nitrogens with zero attached hydrogens (tertiary/aromatic N) is 1. The van der Waals surface area contributed by atoms with E-state index in [1.165, 1.54) is 35.4 Å². The molecule has 0 aliphatic rings. The lowest BCUT2D eigenvalue weighted by Crippen LogP contribution is -2.24. The number of carbonyl (C=O) groups is 1. The van der Waals surface area contributed by atoms with Gasteiger partial charge >= 0.3 is 4.87 Å². The van der Waals surface area contributed by atoms with E-state index in [0.717, 1.165) is 30.6 Å². The second-order valence-corrected chi connectivity index (χ2v) is 8.64. The highest BCUT2D eigenvalue weighted by molar-refractivity contribution is 7.07. The highest BCUT2D eigenvalue weighted by Gasteiger charge is 2.16. The zero-order valence-corrected chi connectivity index (χ0v) is 19.6. The molecule has 0 saturated heterocycles. The number of amides is 1. The van der Waals surface area contributed by atoms with Crippen molar-refractivity contribution in [2.24, 2.45) is 0 Å². The molecule has 5 nitrogen and oxygen atoms in total. The van der Waals surface area contributed by atoms with E-state index in [4.69, 9.17) is 4.74 Å². The minimum absolute atomic E-state index is 0.162. The van der Waals surface area contributed by atoms with Crippen molar-refractivity contribution in [3.8, 4) is 22.7 Å². The molecule has 1 aromatic heterocycles. The van der Waals surface area contributed by atoms with Crippen LogP contribution < -0.4 is 14.9 Å². The molecule has 0 radical (unpaired) electrons. The molecule has 34 heavy (non-hydrogen) atoms. The van der Waals surface area contributed by atoms with E-state index in [9.17, 15) is 14.0 Å². The minimum atomic E-state index is -0.451. The molecule has 0 unspecified atom stereocenters. The Balaban J connectivity index is 1.47. The van der Waals surface area contributed by atoms with Crippen LogP contribution in [0.15, 0.2) is 83.0 Å².